The van der Waals surface area contributed by atoms with Crippen molar-refractivity contribution in [2.75, 3.05) is 12.3 Å². The highest BCUT2D eigenvalue weighted by atomic mass is 35.5. The lowest BCUT2D eigenvalue weighted by Gasteiger charge is -2.09. The highest BCUT2D eigenvalue weighted by Gasteiger charge is 2.09. The molecule has 4 nitrogen and oxygen atoms in total. The smallest absolute Gasteiger partial charge is 0.251 e. The van der Waals surface area contributed by atoms with Crippen LogP contribution in [0.15, 0.2) is 65.6 Å². The van der Waals surface area contributed by atoms with Gasteiger partial charge in [-0.1, -0.05) is 48.0 Å². The highest BCUT2D eigenvalue weighted by Crippen LogP contribution is 2.33. The number of hydrogen-bond donors (Lipinski definition) is 2. The lowest BCUT2D eigenvalue weighted by molar-refractivity contribution is -0.118. The summed E-state index contributed by atoms with van der Waals surface area (Å²) in [7, 11) is 0. The van der Waals surface area contributed by atoms with E-state index in [0.29, 0.717) is 29.4 Å². The molecule has 0 unspecified atom stereocenters. The number of thioether (sulfide) groups is 1. The zero-order valence-corrected chi connectivity index (χ0v) is 17.1. The second kappa shape index (κ2) is 9.62. The Morgan fingerprint density at radius 2 is 1.75 bits per heavy atom. The predicted molar refractivity (Wildman–Crippen MR) is 116 cm³/mol. The minimum atomic E-state index is -0.112. The van der Waals surface area contributed by atoms with E-state index in [0.717, 1.165) is 21.2 Å². The molecule has 0 radical (unpaired) electrons. The number of hydrogen-bond acceptors (Lipinski definition) is 3. The maximum Gasteiger partial charge on any atom is 0.251 e. The van der Waals surface area contributed by atoms with Gasteiger partial charge in [0.25, 0.3) is 5.91 Å². The molecule has 0 atom stereocenters. The third kappa shape index (κ3) is 5.06. The van der Waals surface area contributed by atoms with Crippen LogP contribution in [0.2, 0.25) is 5.02 Å². The average Bonchev–Trinajstić information content (AvgIpc) is 2.71. The molecule has 0 heterocycles. The maximum atomic E-state index is 12.3. The van der Waals surface area contributed by atoms with E-state index in [1.807, 2.05) is 55.5 Å². The Labute approximate surface area is 173 Å². The number of amides is 2. The molecule has 0 spiro atoms. The fourth-order valence-electron chi connectivity index (χ4n) is 2.86. The van der Waals surface area contributed by atoms with Gasteiger partial charge in [0.1, 0.15) is 0 Å². The lowest BCUT2D eigenvalue weighted by atomic mass is 10.1. The van der Waals surface area contributed by atoms with Crippen molar-refractivity contribution in [3.05, 3.63) is 76.8 Å². The van der Waals surface area contributed by atoms with Gasteiger partial charge in [-0.3, -0.25) is 9.59 Å². The molecule has 6 heteroatoms. The summed E-state index contributed by atoms with van der Waals surface area (Å²) in [4.78, 5) is 25.2. The molecule has 0 bridgehead atoms. The molecular formula is C22H21ClN2O2S. The van der Waals surface area contributed by atoms with Crippen LogP contribution in [0.25, 0.3) is 10.8 Å². The highest BCUT2D eigenvalue weighted by molar-refractivity contribution is 8.00. The number of rotatable bonds is 7. The Balaban J connectivity index is 1.59. The Kier molecular flexibility index (Phi) is 6.95. The molecule has 3 aromatic carbocycles. The van der Waals surface area contributed by atoms with Gasteiger partial charge in [-0.15, -0.1) is 11.8 Å². The molecule has 0 aliphatic heterocycles. The number of fused-ring (bicyclic) bond motifs is 1. The van der Waals surface area contributed by atoms with E-state index in [9.17, 15) is 9.59 Å². The van der Waals surface area contributed by atoms with Gasteiger partial charge in [0, 0.05) is 34.0 Å². The molecule has 0 aromatic heterocycles. The van der Waals surface area contributed by atoms with E-state index in [-0.39, 0.29) is 11.8 Å². The molecule has 2 amide bonds. The first-order valence-electron chi connectivity index (χ1n) is 9.02. The predicted octanol–water partition coefficient (Wildman–Crippen LogP) is 4.65. The van der Waals surface area contributed by atoms with Crippen molar-refractivity contribution in [2.45, 2.75) is 18.4 Å². The van der Waals surface area contributed by atoms with Crippen LogP contribution in [0.5, 0.6) is 0 Å². The number of benzene rings is 3. The number of carbonyl (C=O) groups is 2. The Bertz CT molecular complexity index is 1000. The van der Waals surface area contributed by atoms with Gasteiger partial charge >= 0.3 is 0 Å². The Morgan fingerprint density at radius 3 is 2.54 bits per heavy atom. The van der Waals surface area contributed by atoms with Crippen LogP contribution in [-0.2, 0) is 11.3 Å². The molecule has 0 aliphatic carbocycles. The second-order valence-electron chi connectivity index (χ2n) is 6.22. The molecule has 0 saturated heterocycles. The summed E-state index contributed by atoms with van der Waals surface area (Å²) in [6.45, 7) is 2.83. The molecule has 3 rings (SSSR count). The SMILES string of the molecule is CCNC(=O)c1cccc(CNC(=O)CSc2cccc3cccc(Cl)c23)c1. The number of halogens is 1. The van der Waals surface area contributed by atoms with Crippen molar-refractivity contribution in [3.63, 3.8) is 0 Å². The van der Waals surface area contributed by atoms with Crippen molar-refractivity contribution in [1.29, 1.82) is 0 Å². The standard InChI is InChI=1S/C22H21ClN2O2S/c1-2-24-22(27)17-9-3-6-15(12-17)13-25-20(26)14-28-19-11-5-8-16-7-4-10-18(23)21(16)19/h3-12H,2,13-14H2,1H3,(H,24,27)(H,25,26). The molecule has 2 N–H and O–H groups in total. The zero-order valence-electron chi connectivity index (χ0n) is 15.5. The van der Waals surface area contributed by atoms with Gasteiger partial charge in [-0.2, -0.15) is 0 Å². The van der Waals surface area contributed by atoms with E-state index >= 15 is 0 Å². The summed E-state index contributed by atoms with van der Waals surface area (Å²) in [5.74, 6) is 0.108. The van der Waals surface area contributed by atoms with Crippen LogP contribution in [-0.4, -0.2) is 24.1 Å². The molecule has 28 heavy (non-hydrogen) atoms. The van der Waals surface area contributed by atoms with E-state index in [1.54, 1.807) is 12.1 Å². The number of carbonyl (C=O) groups excluding carboxylic acids is 2. The largest absolute Gasteiger partial charge is 0.352 e. The van der Waals surface area contributed by atoms with Crippen molar-refractivity contribution in [1.82, 2.24) is 10.6 Å². The summed E-state index contributed by atoms with van der Waals surface area (Å²) in [6, 6.07) is 19.0. The molecule has 3 aromatic rings. The van der Waals surface area contributed by atoms with Gasteiger partial charge < -0.3 is 10.6 Å². The van der Waals surface area contributed by atoms with E-state index < -0.39 is 0 Å². The molecular weight excluding hydrogens is 392 g/mol. The Hall–Kier alpha value is -2.50. The van der Waals surface area contributed by atoms with Crippen LogP contribution < -0.4 is 10.6 Å². The van der Waals surface area contributed by atoms with Gasteiger partial charge in [-0.05, 0) is 42.1 Å². The quantitative estimate of drug-likeness (QED) is 0.555. The van der Waals surface area contributed by atoms with E-state index in [2.05, 4.69) is 10.6 Å². The maximum absolute atomic E-state index is 12.3. The molecule has 144 valence electrons. The van der Waals surface area contributed by atoms with Crippen molar-refractivity contribution < 1.29 is 9.59 Å². The average molecular weight is 413 g/mol. The third-order valence-corrected chi connectivity index (χ3v) is 5.56. The fourth-order valence-corrected chi connectivity index (χ4v) is 4.14. The van der Waals surface area contributed by atoms with Crippen LogP contribution >= 0.6 is 23.4 Å². The van der Waals surface area contributed by atoms with Crippen LogP contribution in [0.4, 0.5) is 0 Å². The monoisotopic (exact) mass is 412 g/mol. The summed E-state index contributed by atoms with van der Waals surface area (Å²) in [6.07, 6.45) is 0. The first-order valence-corrected chi connectivity index (χ1v) is 10.4. The van der Waals surface area contributed by atoms with Gasteiger partial charge in [-0.25, -0.2) is 0 Å². The van der Waals surface area contributed by atoms with Gasteiger partial charge in [0.2, 0.25) is 5.91 Å². The van der Waals surface area contributed by atoms with Crippen molar-refractivity contribution >= 4 is 45.9 Å². The van der Waals surface area contributed by atoms with Crippen molar-refractivity contribution in [3.8, 4) is 0 Å². The molecule has 0 fully saturated rings. The number of nitrogens with one attached hydrogen (secondary N) is 2. The topological polar surface area (TPSA) is 58.2 Å². The van der Waals surface area contributed by atoms with Gasteiger partial charge in [0.15, 0.2) is 0 Å². The Morgan fingerprint density at radius 1 is 1.00 bits per heavy atom. The normalized spacial score (nSPS) is 10.6. The lowest BCUT2D eigenvalue weighted by Crippen LogP contribution is -2.25. The zero-order chi connectivity index (χ0) is 19.9. The summed E-state index contributed by atoms with van der Waals surface area (Å²) in [5, 5.41) is 8.39. The van der Waals surface area contributed by atoms with Crippen LogP contribution in [0.1, 0.15) is 22.8 Å². The minimum absolute atomic E-state index is 0.0718. The summed E-state index contributed by atoms with van der Waals surface area (Å²) < 4.78 is 0. The fraction of sp³-hybridized carbons (Fsp3) is 0.182. The van der Waals surface area contributed by atoms with E-state index in [4.69, 9.17) is 11.6 Å². The summed E-state index contributed by atoms with van der Waals surface area (Å²) in [5.41, 5.74) is 1.48. The third-order valence-electron chi connectivity index (χ3n) is 4.19. The molecule has 0 saturated carbocycles. The minimum Gasteiger partial charge on any atom is -0.352 e. The van der Waals surface area contributed by atoms with Crippen LogP contribution in [0.3, 0.4) is 0 Å². The van der Waals surface area contributed by atoms with Crippen molar-refractivity contribution in [2.24, 2.45) is 0 Å². The molecule has 0 aliphatic rings. The van der Waals surface area contributed by atoms with Gasteiger partial charge in [0.05, 0.1) is 5.75 Å². The first-order chi connectivity index (χ1) is 13.6. The van der Waals surface area contributed by atoms with E-state index in [1.165, 1.54) is 11.8 Å². The van der Waals surface area contributed by atoms with Crippen LogP contribution in [0, 0.1) is 0 Å². The first kappa shape index (κ1) is 20.2. The summed E-state index contributed by atoms with van der Waals surface area (Å²) >= 11 is 7.80. The second-order valence-corrected chi connectivity index (χ2v) is 7.64.